The van der Waals surface area contributed by atoms with E-state index < -0.39 is 108 Å². The molecule has 0 saturated carbocycles. The van der Waals surface area contributed by atoms with Gasteiger partial charge in [0.15, 0.2) is 12.1 Å². The molecule has 8 atom stereocenters. The topological polar surface area (TPSA) is 262 Å². The molecule has 4 N–H and O–H groups in total. The third-order valence-electron chi connectivity index (χ3n) is 15.3. The number of carbonyl (C=O) groups is 10. The molecule has 0 aromatic heterocycles. The summed E-state index contributed by atoms with van der Waals surface area (Å²) in [6.07, 6.45) is -1.42. The van der Waals surface area contributed by atoms with E-state index in [4.69, 9.17) is 18.9 Å². The third-order valence-corrected chi connectivity index (χ3v) is 15.3. The van der Waals surface area contributed by atoms with Crippen LogP contribution in [0.5, 0.6) is 0 Å². The molecule has 2 aliphatic heterocycles. The first kappa shape index (κ1) is 65.0. The van der Waals surface area contributed by atoms with Gasteiger partial charge in [0.1, 0.15) is 49.6 Å². The van der Waals surface area contributed by atoms with E-state index in [1.54, 1.807) is 158 Å². The lowest BCUT2D eigenvalue weighted by atomic mass is 10.0. The first-order valence-electron chi connectivity index (χ1n) is 30.0. The van der Waals surface area contributed by atoms with Gasteiger partial charge in [-0.3, -0.25) is 28.8 Å². The van der Waals surface area contributed by atoms with E-state index in [1.807, 2.05) is 24.3 Å². The fraction of sp³-hybridized carbons (Fsp3) is 0.333. The highest BCUT2D eigenvalue weighted by Crippen LogP contribution is 2.26. The Balaban J connectivity index is 0.856. The van der Waals surface area contributed by atoms with Crippen molar-refractivity contribution in [2.75, 3.05) is 0 Å². The average molecular weight is 1210 g/mol. The predicted molar refractivity (Wildman–Crippen MR) is 326 cm³/mol. The molecule has 20 nitrogen and oxygen atoms in total. The van der Waals surface area contributed by atoms with Crippen molar-refractivity contribution in [1.82, 2.24) is 31.1 Å². The van der Waals surface area contributed by atoms with Crippen LogP contribution in [0.3, 0.4) is 0 Å². The minimum atomic E-state index is -1.44. The lowest BCUT2D eigenvalue weighted by molar-refractivity contribution is -0.154. The molecule has 2 saturated heterocycles. The van der Waals surface area contributed by atoms with E-state index in [1.165, 1.54) is 13.8 Å². The van der Waals surface area contributed by atoms with Crippen molar-refractivity contribution >= 4 is 59.6 Å². The van der Waals surface area contributed by atoms with Gasteiger partial charge in [0.2, 0.25) is 23.6 Å². The van der Waals surface area contributed by atoms with Crippen LogP contribution in [0.2, 0.25) is 0 Å². The maximum atomic E-state index is 14.5. The van der Waals surface area contributed by atoms with Gasteiger partial charge < -0.3 is 40.2 Å². The highest BCUT2D eigenvalue weighted by atomic mass is 16.6. The van der Waals surface area contributed by atoms with E-state index in [0.29, 0.717) is 64.2 Å². The number of esters is 2. The largest absolute Gasteiger partial charge is 0.459 e. The number of cyclic esters (lactones) is 2. The molecule has 6 aromatic carbocycles. The Morgan fingerprint density at radius 1 is 0.382 bits per heavy atom. The quantitative estimate of drug-likeness (QED) is 0.0193. The highest BCUT2D eigenvalue weighted by molar-refractivity contribution is 6.04. The molecule has 0 radical (unpaired) electrons. The first-order chi connectivity index (χ1) is 43.1. The normalized spacial score (nSPS) is 17.4. The minimum absolute atomic E-state index is 0.0523. The van der Waals surface area contributed by atoms with Gasteiger partial charge in [0, 0.05) is 38.5 Å². The second-order valence-electron chi connectivity index (χ2n) is 22.1. The van der Waals surface area contributed by atoms with Crippen LogP contribution >= 0.6 is 0 Å². The molecule has 89 heavy (non-hydrogen) atoms. The Kier molecular flexibility index (Phi) is 23.9. The van der Waals surface area contributed by atoms with E-state index in [9.17, 15) is 47.9 Å². The molecule has 0 bridgehead atoms. The number of carbonyl (C=O) groups excluding carboxylic acids is 10. The van der Waals surface area contributed by atoms with Crippen LogP contribution in [0.25, 0.3) is 0 Å². The number of ether oxygens (including phenoxy) is 4. The summed E-state index contributed by atoms with van der Waals surface area (Å²) < 4.78 is 21.9. The zero-order valence-electron chi connectivity index (χ0n) is 49.7. The van der Waals surface area contributed by atoms with E-state index >= 15 is 0 Å². The molecule has 2 aliphatic rings. The number of nitrogens with one attached hydrogen (secondary N) is 4. The van der Waals surface area contributed by atoms with E-state index in [-0.39, 0.29) is 51.7 Å². The summed E-state index contributed by atoms with van der Waals surface area (Å²) in [6, 6.07) is 45.5. The summed E-state index contributed by atoms with van der Waals surface area (Å²) in [6.45, 7) is 2.73. The molecule has 8 amide bonds. The number of nitrogens with zero attached hydrogens (tertiary/aromatic N) is 2. The Labute approximate surface area is 517 Å². The van der Waals surface area contributed by atoms with Gasteiger partial charge in [0.25, 0.3) is 11.8 Å². The Morgan fingerprint density at radius 2 is 0.652 bits per heavy atom. The summed E-state index contributed by atoms with van der Waals surface area (Å²) in [4.78, 5) is 140. The van der Waals surface area contributed by atoms with Crippen molar-refractivity contribution in [1.29, 1.82) is 0 Å². The van der Waals surface area contributed by atoms with Gasteiger partial charge in [-0.05, 0) is 60.1 Å². The van der Waals surface area contributed by atoms with Crippen LogP contribution in [0.4, 0.5) is 9.59 Å². The molecular formula is C69H74N6O14. The fourth-order valence-electron chi connectivity index (χ4n) is 10.6. The lowest BCUT2D eigenvalue weighted by Crippen LogP contribution is -2.58. The minimum Gasteiger partial charge on any atom is -0.459 e. The molecular weight excluding hydrogens is 1140 g/mol. The number of hydrogen-bond acceptors (Lipinski definition) is 14. The SMILES string of the molecule is C[C@@H]1OC(=O)N(C(=O)[C@H](Cc2ccccc2)NC(=O)[C@H](Cc2ccccc2)NC(=O)CCCCCCCC(=O)N[C@@H](Cc2ccccc2)C(=O)N[C@@H](Cc2ccccc2)C(=O)N2C(=O)O[C@@H](C)[C@@H]2C(=O)OCc2ccccc2)[C@H]1C(=O)OCc1ccccc1. The number of benzene rings is 6. The molecule has 8 rings (SSSR count). The summed E-state index contributed by atoms with van der Waals surface area (Å²) in [5.41, 5.74) is 4.13. The average Bonchev–Trinajstić information content (AvgIpc) is 1.87. The summed E-state index contributed by atoms with van der Waals surface area (Å²) in [5.74, 6) is -5.75. The molecule has 0 unspecified atom stereocenters. The van der Waals surface area contributed by atoms with Crippen LogP contribution in [-0.2, 0) is 96.2 Å². The summed E-state index contributed by atoms with van der Waals surface area (Å²) >= 11 is 0. The Hall–Kier alpha value is -9.98. The molecule has 6 aromatic rings. The summed E-state index contributed by atoms with van der Waals surface area (Å²) in [5, 5.41) is 11.3. The van der Waals surface area contributed by atoms with E-state index in [2.05, 4.69) is 21.3 Å². The molecule has 2 fully saturated rings. The van der Waals surface area contributed by atoms with Gasteiger partial charge in [-0.15, -0.1) is 0 Å². The monoisotopic (exact) mass is 1210 g/mol. The number of unbranched alkanes of at least 4 members (excludes halogenated alkanes) is 4. The molecule has 20 heteroatoms. The maximum absolute atomic E-state index is 14.5. The van der Waals surface area contributed by atoms with Crippen molar-refractivity contribution in [3.05, 3.63) is 215 Å². The van der Waals surface area contributed by atoms with Gasteiger partial charge >= 0.3 is 24.1 Å². The van der Waals surface area contributed by atoms with Crippen LogP contribution < -0.4 is 21.3 Å². The molecule has 0 spiro atoms. The number of imide groups is 2. The van der Waals surface area contributed by atoms with Crippen molar-refractivity contribution in [3.8, 4) is 0 Å². The smallest absolute Gasteiger partial charge is 0.417 e. The Bertz CT molecular complexity index is 3140. The number of amides is 8. The van der Waals surface area contributed by atoms with Gasteiger partial charge in [-0.1, -0.05) is 201 Å². The van der Waals surface area contributed by atoms with Crippen molar-refractivity contribution in [3.63, 3.8) is 0 Å². The molecule has 0 aliphatic carbocycles. The number of rotatable bonds is 30. The summed E-state index contributed by atoms with van der Waals surface area (Å²) in [7, 11) is 0. The van der Waals surface area contributed by atoms with E-state index in [0.717, 1.165) is 11.1 Å². The standard InChI is InChI=1S/C69H74N6O14/c1-46-60(66(82)86-44-52-34-20-10-21-35-52)74(68(84)88-46)64(80)56(42-50-30-16-8-17-31-50)72-62(78)54(40-48-26-12-6-13-27-48)70-58(76)38-24-4-3-5-25-39-59(77)71-55(41-49-28-14-7-15-29-49)63(79)73-57(43-51-32-18-9-19-33-51)65(81)75-61(47(2)89-69(75)85)67(83)87-45-53-36-22-11-23-37-53/h6-23,26-37,46-47,54-57,60-61H,3-5,24-25,38-45H2,1-2H3,(H,70,76)(H,71,77)(H,72,78)(H,73,79)/t46-,47-,54-,55-,56-,57-,60+,61+/m0/s1. The van der Waals surface area contributed by atoms with Crippen LogP contribution in [0.15, 0.2) is 182 Å². The maximum Gasteiger partial charge on any atom is 0.417 e. The van der Waals surface area contributed by atoms with Crippen molar-refractivity contribution < 1.29 is 66.9 Å². The Morgan fingerprint density at radius 3 is 0.955 bits per heavy atom. The molecule has 464 valence electrons. The zero-order chi connectivity index (χ0) is 63.1. The fourth-order valence-corrected chi connectivity index (χ4v) is 10.6. The van der Waals surface area contributed by atoms with Gasteiger partial charge in [-0.25, -0.2) is 29.0 Å². The highest BCUT2D eigenvalue weighted by Gasteiger charge is 2.52. The first-order valence-corrected chi connectivity index (χ1v) is 30.0. The van der Waals surface area contributed by atoms with Crippen LogP contribution in [0, 0.1) is 0 Å². The second-order valence-corrected chi connectivity index (χ2v) is 22.1. The van der Waals surface area contributed by atoms with Crippen molar-refractivity contribution in [2.45, 2.75) is 146 Å². The molecule has 2 heterocycles. The van der Waals surface area contributed by atoms with Crippen molar-refractivity contribution in [2.24, 2.45) is 0 Å². The zero-order valence-corrected chi connectivity index (χ0v) is 49.7. The number of hydrogen-bond donors (Lipinski definition) is 4. The van der Waals surface area contributed by atoms with Crippen LogP contribution in [-0.4, -0.2) is 118 Å². The third kappa shape index (κ3) is 19.0. The lowest BCUT2D eigenvalue weighted by Gasteiger charge is -2.27. The van der Waals surface area contributed by atoms with Gasteiger partial charge in [-0.2, -0.15) is 0 Å². The van der Waals surface area contributed by atoms with Crippen LogP contribution in [0.1, 0.15) is 92.2 Å². The van der Waals surface area contributed by atoms with Gasteiger partial charge in [0.05, 0.1) is 0 Å². The second kappa shape index (κ2) is 32.7. The predicted octanol–water partition coefficient (Wildman–Crippen LogP) is 7.59.